The Morgan fingerprint density at radius 2 is 1.37 bits per heavy atom. The third-order valence-electron chi connectivity index (χ3n) is 5.04. The van der Waals surface area contributed by atoms with E-state index in [9.17, 15) is 8.42 Å². The third kappa shape index (κ3) is 5.17. The summed E-state index contributed by atoms with van der Waals surface area (Å²) in [6.07, 6.45) is 0. The number of sulfonamides is 1. The van der Waals surface area contributed by atoms with Gasteiger partial charge in [0.25, 0.3) is 0 Å². The SMILES string of the molecule is Cc1cccc(CN2CCN(Cc3cccc(S(=O)(=O)N(C)C)c3)CC2)c1. The van der Waals surface area contributed by atoms with Gasteiger partial charge in [0.15, 0.2) is 0 Å². The highest BCUT2D eigenvalue weighted by Gasteiger charge is 2.20. The predicted octanol–water partition coefficient (Wildman–Crippen LogP) is 2.56. The van der Waals surface area contributed by atoms with E-state index in [-0.39, 0.29) is 0 Å². The summed E-state index contributed by atoms with van der Waals surface area (Å²) in [7, 11) is -0.251. The molecule has 1 aliphatic rings. The Bertz CT molecular complexity index is 873. The lowest BCUT2D eigenvalue weighted by Gasteiger charge is -2.34. The molecule has 6 heteroatoms. The van der Waals surface area contributed by atoms with Crippen molar-refractivity contribution in [1.82, 2.24) is 14.1 Å². The number of nitrogens with zero attached hydrogens (tertiary/aromatic N) is 3. The maximum absolute atomic E-state index is 12.3. The van der Waals surface area contributed by atoms with E-state index in [4.69, 9.17) is 0 Å². The van der Waals surface area contributed by atoms with E-state index in [0.29, 0.717) is 4.90 Å². The third-order valence-corrected chi connectivity index (χ3v) is 6.85. The minimum atomic E-state index is -3.38. The Hall–Kier alpha value is -1.73. The van der Waals surface area contributed by atoms with Crippen molar-refractivity contribution in [2.75, 3.05) is 40.3 Å². The van der Waals surface area contributed by atoms with Gasteiger partial charge in [-0.1, -0.05) is 42.0 Å². The minimum Gasteiger partial charge on any atom is -0.297 e. The van der Waals surface area contributed by atoms with Crippen LogP contribution in [0.15, 0.2) is 53.4 Å². The summed E-state index contributed by atoms with van der Waals surface area (Å²) in [6.45, 7) is 7.97. The topological polar surface area (TPSA) is 43.9 Å². The second-order valence-electron chi connectivity index (χ2n) is 7.48. The largest absolute Gasteiger partial charge is 0.297 e. The Morgan fingerprint density at radius 1 is 0.852 bits per heavy atom. The molecule has 0 saturated carbocycles. The summed E-state index contributed by atoms with van der Waals surface area (Å²) in [6, 6.07) is 16.0. The van der Waals surface area contributed by atoms with Crippen LogP contribution in [-0.2, 0) is 23.1 Å². The quantitative estimate of drug-likeness (QED) is 0.764. The molecule has 2 aromatic rings. The van der Waals surface area contributed by atoms with Crippen LogP contribution in [0.1, 0.15) is 16.7 Å². The summed E-state index contributed by atoms with van der Waals surface area (Å²) in [5.41, 5.74) is 3.72. The van der Waals surface area contributed by atoms with Gasteiger partial charge in [0.1, 0.15) is 0 Å². The van der Waals surface area contributed by atoms with Gasteiger partial charge in [0.2, 0.25) is 10.0 Å². The fourth-order valence-corrected chi connectivity index (χ4v) is 4.42. The fourth-order valence-electron chi connectivity index (χ4n) is 3.45. The zero-order valence-electron chi connectivity index (χ0n) is 16.4. The van der Waals surface area contributed by atoms with Gasteiger partial charge in [0, 0.05) is 53.4 Å². The summed E-state index contributed by atoms with van der Waals surface area (Å²) < 4.78 is 25.9. The van der Waals surface area contributed by atoms with Crippen molar-refractivity contribution in [3.8, 4) is 0 Å². The van der Waals surface area contributed by atoms with Crippen molar-refractivity contribution in [3.63, 3.8) is 0 Å². The van der Waals surface area contributed by atoms with Gasteiger partial charge in [-0.25, -0.2) is 12.7 Å². The number of aryl methyl sites for hydroxylation is 1. The van der Waals surface area contributed by atoms with Crippen LogP contribution >= 0.6 is 0 Å². The maximum atomic E-state index is 12.3. The first kappa shape index (κ1) is 20.0. The second kappa shape index (κ2) is 8.52. The normalized spacial score (nSPS) is 16.7. The first-order valence-corrected chi connectivity index (χ1v) is 10.8. The first-order chi connectivity index (χ1) is 12.8. The minimum absolute atomic E-state index is 0.364. The smallest absolute Gasteiger partial charge is 0.242 e. The number of hydrogen-bond donors (Lipinski definition) is 0. The molecule has 3 rings (SSSR count). The van der Waals surface area contributed by atoms with Crippen LogP contribution in [0.3, 0.4) is 0 Å². The highest BCUT2D eigenvalue weighted by Crippen LogP contribution is 2.17. The second-order valence-corrected chi connectivity index (χ2v) is 9.63. The Morgan fingerprint density at radius 3 is 1.89 bits per heavy atom. The molecule has 1 fully saturated rings. The zero-order valence-corrected chi connectivity index (χ0v) is 17.2. The molecule has 0 bridgehead atoms. The van der Waals surface area contributed by atoms with E-state index >= 15 is 0 Å². The van der Waals surface area contributed by atoms with Crippen molar-refractivity contribution in [1.29, 1.82) is 0 Å². The van der Waals surface area contributed by atoms with Gasteiger partial charge < -0.3 is 0 Å². The molecule has 0 atom stereocenters. The van der Waals surface area contributed by atoms with Crippen LogP contribution in [-0.4, -0.2) is 62.8 Å². The lowest BCUT2D eigenvalue weighted by Crippen LogP contribution is -2.45. The van der Waals surface area contributed by atoms with Gasteiger partial charge in [-0.2, -0.15) is 0 Å². The summed E-state index contributed by atoms with van der Waals surface area (Å²) in [5.74, 6) is 0. The fraction of sp³-hybridized carbons (Fsp3) is 0.429. The molecular weight excluding hydrogens is 358 g/mol. The molecule has 0 aliphatic carbocycles. The van der Waals surface area contributed by atoms with E-state index in [1.54, 1.807) is 26.2 Å². The molecule has 146 valence electrons. The Kier molecular flexibility index (Phi) is 6.32. The molecule has 1 aliphatic heterocycles. The van der Waals surface area contributed by atoms with Gasteiger partial charge in [-0.3, -0.25) is 9.80 Å². The summed E-state index contributed by atoms with van der Waals surface area (Å²) >= 11 is 0. The molecule has 0 aromatic heterocycles. The van der Waals surface area contributed by atoms with Gasteiger partial charge >= 0.3 is 0 Å². The highest BCUT2D eigenvalue weighted by molar-refractivity contribution is 7.89. The lowest BCUT2D eigenvalue weighted by atomic mass is 10.1. The van der Waals surface area contributed by atoms with Gasteiger partial charge in [-0.15, -0.1) is 0 Å². The molecule has 0 radical (unpaired) electrons. The molecule has 0 unspecified atom stereocenters. The van der Waals surface area contributed by atoms with Crippen molar-refractivity contribution in [2.45, 2.75) is 24.9 Å². The van der Waals surface area contributed by atoms with Gasteiger partial charge in [0.05, 0.1) is 4.90 Å². The van der Waals surface area contributed by atoms with E-state index in [2.05, 4.69) is 41.0 Å². The average molecular weight is 388 g/mol. The van der Waals surface area contributed by atoms with Crippen LogP contribution < -0.4 is 0 Å². The molecule has 5 nitrogen and oxygen atoms in total. The monoisotopic (exact) mass is 387 g/mol. The van der Waals surface area contributed by atoms with Crippen molar-refractivity contribution < 1.29 is 8.42 Å². The molecule has 2 aromatic carbocycles. The van der Waals surface area contributed by atoms with Crippen molar-refractivity contribution in [2.24, 2.45) is 0 Å². The first-order valence-electron chi connectivity index (χ1n) is 9.36. The van der Waals surface area contributed by atoms with Crippen molar-refractivity contribution in [3.05, 3.63) is 65.2 Å². The Balaban J connectivity index is 1.56. The standard InChI is InChI=1S/C21H29N3O2S/c1-18-6-4-7-19(14-18)16-23-10-12-24(13-11-23)17-20-8-5-9-21(15-20)27(25,26)22(2)3/h4-9,14-15H,10-13,16-17H2,1-3H3. The van der Waals surface area contributed by atoms with Crippen LogP contribution in [0.2, 0.25) is 0 Å². The molecular formula is C21H29N3O2S. The van der Waals surface area contributed by atoms with E-state index in [1.165, 1.54) is 15.4 Å². The number of rotatable bonds is 6. The molecule has 1 heterocycles. The summed E-state index contributed by atoms with van der Waals surface area (Å²) in [5, 5.41) is 0. The average Bonchev–Trinajstić information content (AvgIpc) is 2.63. The number of hydrogen-bond acceptors (Lipinski definition) is 4. The Labute approximate surface area is 163 Å². The molecule has 0 amide bonds. The van der Waals surface area contributed by atoms with Crippen molar-refractivity contribution >= 4 is 10.0 Å². The van der Waals surface area contributed by atoms with Gasteiger partial charge in [-0.05, 0) is 30.2 Å². The van der Waals surface area contributed by atoms with E-state index < -0.39 is 10.0 Å². The number of benzene rings is 2. The number of piperazine rings is 1. The molecule has 27 heavy (non-hydrogen) atoms. The molecule has 0 spiro atoms. The predicted molar refractivity (Wildman–Crippen MR) is 109 cm³/mol. The highest BCUT2D eigenvalue weighted by atomic mass is 32.2. The van der Waals surface area contributed by atoms with E-state index in [0.717, 1.165) is 44.8 Å². The van der Waals surface area contributed by atoms with Crippen LogP contribution in [0.4, 0.5) is 0 Å². The maximum Gasteiger partial charge on any atom is 0.242 e. The zero-order chi connectivity index (χ0) is 19.4. The lowest BCUT2D eigenvalue weighted by molar-refractivity contribution is 0.122. The van der Waals surface area contributed by atoms with Crippen LogP contribution in [0.5, 0.6) is 0 Å². The molecule has 0 N–H and O–H groups in total. The summed E-state index contributed by atoms with van der Waals surface area (Å²) in [4.78, 5) is 5.25. The van der Waals surface area contributed by atoms with Crippen LogP contribution in [0.25, 0.3) is 0 Å². The van der Waals surface area contributed by atoms with Crippen LogP contribution in [0, 0.1) is 6.92 Å². The van der Waals surface area contributed by atoms with E-state index in [1.807, 2.05) is 12.1 Å². The molecule has 1 saturated heterocycles.